The van der Waals surface area contributed by atoms with E-state index >= 15 is 0 Å². The molecule has 0 amide bonds. The molecule has 0 spiro atoms. The molecule has 1 aliphatic carbocycles. The number of benzene rings is 5. The summed E-state index contributed by atoms with van der Waals surface area (Å²) < 4.78 is 2.45. The summed E-state index contributed by atoms with van der Waals surface area (Å²) >= 11 is 0. The van der Waals surface area contributed by atoms with E-state index in [1.807, 2.05) is 0 Å². The van der Waals surface area contributed by atoms with E-state index in [1.54, 1.807) is 0 Å². The normalized spacial score (nSPS) is 15.9. The van der Waals surface area contributed by atoms with Gasteiger partial charge in [0, 0.05) is 38.3 Å². The Bertz CT molecular complexity index is 2080. The Balaban J connectivity index is 1.42. The zero-order chi connectivity index (χ0) is 24.5. The van der Waals surface area contributed by atoms with Crippen LogP contribution in [0.4, 0.5) is 0 Å². The maximum atomic E-state index is 3.56. The zero-order valence-electron chi connectivity index (χ0n) is 20.7. The summed E-state index contributed by atoms with van der Waals surface area (Å²) in [6.45, 7) is 2.28. The molecule has 5 aromatic carbocycles. The van der Waals surface area contributed by atoms with Crippen LogP contribution in [-0.2, 0) is 0 Å². The third-order valence-corrected chi connectivity index (χ3v) is 8.05. The molecule has 0 bridgehead atoms. The highest BCUT2D eigenvalue weighted by Crippen LogP contribution is 2.40. The lowest BCUT2D eigenvalue weighted by Crippen LogP contribution is -2.00. The van der Waals surface area contributed by atoms with Crippen molar-refractivity contribution in [1.82, 2.24) is 9.55 Å². The molecule has 1 aliphatic rings. The van der Waals surface area contributed by atoms with Crippen LogP contribution in [0.15, 0.2) is 115 Å². The van der Waals surface area contributed by atoms with E-state index in [0.717, 1.165) is 6.42 Å². The molecule has 1 atom stereocenters. The first-order valence-corrected chi connectivity index (χ1v) is 13.1. The first-order valence-electron chi connectivity index (χ1n) is 13.1. The van der Waals surface area contributed by atoms with Crippen LogP contribution in [0.2, 0.25) is 0 Å². The van der Waals surface area contributed by atoms with Gasteiger partial charge < -0.3 is 9.55 Å². The largest absolute Gasteiger partial charge is 0.355 e. The number of H-pyrrole nitrogens is 1. The summed E-state index contributed by atoms with van der Waals surface area (Å²) in [5.74, 6) is 0.587. The number of para-hydroxylation sites is 1. The van der Waals surface area contributed by atoms with Crippen molar-refractivity contribution in [2.24, 2.45) is 5.92 Å². The van der Waals surface area contributed by atoms with Gasteiger partial charge in [0.15, 0.2) is 0 Å². The average molecular weight is 475 g/mol. The van der Waals surface area contributed by atoms with Crippen molar-refractivity contribution in [3.8, 4) is 11.1 Å². The van der Waals surface area contributed by atoms with Gasteiger partial charge in [0.05, 0.1) is 11.0 Å². The molecule has 1 unspecified atom stereocenters. The van der Waals surface area contributed by atoms with Gasteiger partial charge in [-0.15, -0.1) is 0 Å². The highest BCUT2D eigenvalue weighted by Gasteiger charge is 2.17. The van der Waals surface area contributed by atoms with Crippen molar-refractivity contribution in [3.63, 3.8) is 0 Å². The van der Waals surface area contributed by atoms with Crippen molar-refractivity contribution in [2.75, 3.05) is 0 Å². The van der Waals surface area contributed by atoms with Gasteiger partial charge in [0.2, 0.25) is 0 Å². The molecule has 176 valence electrons. The minimum absolute atomic E-state index is 0.587. The van der Waals surface area contributed by atoms with Gasteiger partial charge in [-0.1, -0.05) is 79.7 Å². The molecular formula is C35H26N2. The van der Waals surface area contributed by atoms with Gasteiger partial charge in [-0.25, -0.2) is 0 Å². The van der Waals surface area contributed by atoms with Gasteiger partial charge in [0.25, 0.3) is 0 Å². The Morgan fingerprint density at radius 1 is 0.676 bits per heavy atom. The number of nitrogens with zero attached hydrogens (tertiary/aromatic N) is 1. The molecule has 2 aromatic heterocycles. The fourth-order valence-corrected chi connectivity index (χ4v) is 6.16. The molecule has 2 nitrogen and oxygen atoms in total. The second kappa shape index (κ2) is 7.72. The van der Waals surface area contributed by atoms with Crippen LogP contribution in [0, 0.1) is 5.92 Å². The van der Waals surface area contributed by atoms with E-state index in [-0.39, 0.29) is 0 Å². The second-order valence-electron chi connectivity index (χ2n) is 10.4. The molecule has 2 heteroatoms. The van der Waals surface area contributed by atoms with E-state index in [0.29, 0.717) is 5.92 Å². The molecule has 0 saturated carbocycles. The van der Waals surface area contributed by atoms with Crippen LogP contribution in [0.1, 0.15) is 13.3 Å². The third kappa shape index (κ3) is 3.06. The fourth-order valence-electron chi connectivity index (χ4n) is 6.16. The SMILES string of the molecule is CC1C=CC(n2c3ccc(-c4ccc5[nH]c6ccccc6c5c4)cc3c3c4ccccc4ccc32)=CC1. The van der Waals surface area contributed by atoms with E-state index in [9.17, 15) is 0 Å². The quantitative estimate of drug-likeness (QED) is 0.257. The van der Waals surface area contributed by atoms with Crippen LogP contribution in [-0.4, -0.2) is 9.55 Å². The fraction of sp³-hybridized carbons (Fsp3) is 0.0857. The third-order valence-electron chi connectivity index (χ3n) is 8.05. The Hall–Kier alpha value is -4.56. The highest BCUT2D eigenvalue weighted by atomic mass is 15.0. The number of aromatic amines is 1. The van der Waals surface area contributed by atoms with E-state index in [2.05, 4.69) is 132 Å². The van der Waals surface area contributed by atoms with Crippen LogP contribution >= 0.6 is 0 Å². The minimum Gasteiger partial charge on any atom is -0.355 e. The molecule has 37 heavy (non-hydrogen) atoms. The number of fused-ring (bicyclic) bond motifs is 8. The topological polar surface area (TPSA) is 20.7 Å². The zero-order valence-corrected chi connectivity index (χ0v) is 20.7. The number of hydrogen-bond donors (Lipinski definition) is 1. The number of rotatable bonds is 2. The molecule has 1 N–H and O–H groups in total. The molecule has 0 aliphatic heterocycles. The number of aromatic nitrogens is 2. The summed E-state index contributed by atoms with van der Waals surface area (Å²) in [5, 5.41) is 7.76. The van der Waals surface area contributed by atoms with E-state index in [1.165, 1.54) is 71.2 Å². The predicted octanol–water partition coefficient (Wildman–Crippen LogP) is 9.69. The molecule has 8 rings (SSSR count). The number of nitrogens with one attached hydrogen (secondary N) is 1. The second-order valence-corrected chi connectivity index (χ2v) is 10.4. The maximum Gasteiger partial charge on any atom is 0.0547 e. The smallest absolute Gasteiger partial charge is 0.0547 e. The van der Waals surface area contributed by atoms with Crippen molar-refractivity contribution in [1.29, 1.82) is 0 Å². The Labute approximate surface area is 215 Å². The Morgan fingerprint density at radius 2 is 1.41 bits per heavy atom. The van der Waals surface area contributed by atoms with Gasteiger partial charge in [0.1, 0.15) is 0 Å². The van der Waals surface area contributed by atoms with Crippen LogP contribution in [0.5, 0.6) is 0 Å². The van der Waals surface area contributed by atoms with E-state index < -0.39 is 0 Å². The molecule has 0 saturated heterocycles. The molecule has 7 aromatic rings. The lowest BCUT2D eigenvalue weighted by molar-refractivity contribution is 0.735. The van der Waals surface area contributed by atoms with E-state index in [4.69, 9.17) is 0 Å². The van der Waals surface area contributed by atoms with Gasteiger partial charge >= 0.3 is 0 Å². The summed E-state index contributed by atoms with van der Waals surface area (Å²) in [6.07, 6.45) is 8.08. The Kier molecular flexibility index (Phi) is 4.30. The van der Waals surface area contributed by atoms with Crippen molar-refractivity contribution >= 4 is 60.1 Å². The molecule has 2 heterocycles. The Morgan fingerprint density at radius 3 is 2.27 bits per heavy atom. The standard InChI is InChI=1S/C35H26N2/c1-22-10-15-26(16-11-22)37-33-18-14-25(21-30(33)35-27-7-3-2-6-23(27)13-19-34(35)37)24-12-17-32-29(20-24)28-8-4-5-9-31(28)36-32/h2-10,12-22,36H,11H2,1H3. The van der Waals surface area contributed by atoms with Gasteiger partial charge in [-0.3, -0.25) is 0 Å². The lowest BCUT2D eigenvalue weighted by Gasteiger charge is -2.15. The van der Waals surface area contributed by atoms with Crippen LogP contribution in [0.3, 0.4) is 0 Å². The van der Waals surface area contributed by atoms with Crippen molar-refractivity contribution in [3.05, 3.63) is 115 Å². The average Bonchev–Trinajstić information content (AvgIpc) is 3.48. The monoisotopic (exact) mass is 474 g/mol. The summed E-state index contributed by atoms with van der Waals surface area (Å²) in [4.78, 5) is 3.56. The first kappa shape index (κ1) is 20.6. The number of hydrogen-bond acceptors (Lipinski definition) is 0. The van der Waals surface area contributed by atoms with Crippen LogP contribution in [0.25, 0.3) is 71.2 Å². The molecule has 0 radical (unpaired) electrons. The van der Waals surface area contributed by atoms with Gasteiger partial charge in [-0.2, -0.15) is 0 Å². The summed E-state index contributed by atoms with van der Waals surface area (Å²) in [5.41, 5.74) is 8.64. The molecule has 0 fully saturated rings. The van der Waals surface area contributed by atoms with Gasteiger partial charge in [-0.05, 0) is 76.7 Å². The lowest BCUT2D eigenvalue weighted by atomic mass is 9.99. The summed E-state index contributed by atoms with van der Waals surface area (Å²) in [6, 6.07) is 35.6. The maximum absolute atomic E-state index is 3.56. The predicted molar refractivity (Wildman–Crippen MR) is 159 cm³/mol. The first-order chi connectivity index (χ1) is 18.2. The minimum atomic E-state index is 0.587. The van der Waals surface area contributed by atoms with Crippen LogP contribution < -0.4 is 0 Å². The van der Waals surface area contributed by atoms with Crippen molar-refractivity contribution < 1.29 is 0 Å². The summed E-state index contributed by atoms with van der Waals surface area (Å²) in [7, 11) is 0. The highest BCUT2D eigenvalue weighted by molar-refractivity contribution is 6.22. The molecular weight excluding hydrogens is 448 g/mol. The van der Waals surface area contributed by atoms with Crippen molar-refractivity contribution in [2.45, 2.75) is 13.3 Å². The number of allylic oxidation sites excluding steroid dienone is 4.